The zero-order valence-corrected chi connectivity index (χ0v) is 12.5. The Morgan fingerprint density at radius 3 is 2.48 bits per heavy atom. The van der Waals surface area contributed by atoms with Gasteiger partial charge in [0.15, 0.2) is 0 Å². The minimum absolute atomic E-state index is 0. The molecule has 1 aliphatic heterocycles. The molecule has 1 aromatic rings. The average molecular weight is 316 g/mol. The summed E-state index contributed by atoms with van der Waals surface area (Å²) < 4.78 is 12.7. The van der Waals surface area contributed by atoms with Crippen molar-refractivity contribution >= 4 is 29.9 Å². The predicted molar refractivity (Wildman–Crippen MR) is 80.8 cm³/mol. The molecule has 0 radical (unpaired) electrons. The van der Waals surface area contributed by atoms with Crippen molar-refractivity contribution in [3.63, 3.8) is 0 Å². The van der Waals surface area contributed by atoms with Gasteiger partial charge in [0.2, 0.25) is 11.8 Å². The number of carbonyl (C=O) groups excluding carboxylic acids is 2. The Bertz CT molecular complexity index is 491. The maximum Gasteiger partial charge on any atom is 0.243 e. The molecule has 116 valence electrons. The van der Waals surface area contributed by atoms with E-state index >= 15 is 0 Å². The van der Waals surface area contributed by atoms with Crippen molar-refractivity contribution in [1.29, 1.82) is 0 Å². The van der Waals surface area contributed by atoms with Crippen LogP contribution in [0.15, 0.2) is 24.3 Å². The van der Waals surface area contributed by atoms with Crippen LogP contribution in [0.2, 0.25) is 0 Å². The number of anilines is 1. The predicted octanol–water partition coefficient (Wildman–Crippen LogP) is 1.16. The molecular formula is C14H19ClFN3O2. The van der Waals surface area contributed by atoms with Crippen LogP contribution in [0.25, 0.3) is 0 Å². The van der Waals surface area contributed by atoms with E-state index in [9.17, 15) is 14.0 Å². The van der Waals surface area contributed by atoms with Gasteiger partial charge in [0.1, 0.15) is 5.82 Å². The van der Waals surface area contributed by atoms with Crippen LogP contribution in [-0.2, 0) is 9.59 Å². The van der Waals surface area contributed by atoms with Gasteiger partial charge >= 0.3 is 0 Å². The Balaban J connectivity index is 0.00000220. The Kier molecular flexibility index (Phi) is 6.58. The van der Waals surface area contributed by atoms with Crippen LogP contribution in [0.4, 0.5) is 10.1 Å². The van der Waals surface area contributed by atoms with Crippen LogP contribution in [0, 0.1) is 17.7 Å². The number of rotatable bonds is 5. The maximum atomic E-state index is 12.7. The summed E-state index contributed by atoms with van der Waals surface area (Å²) in [7, 11) is 0. The van der Waals surface area contributed by atoms with Crippen molar-refractivity contribution in [3.05, 3.63) is 30.1 Å². The van der Waals surface area contributed by atoms with Crippen molar-refractivity contribution in [2.75, 3.05) is 25.0 Å². The summed E-state index contributed by atoms with van der Waals surface area (Å²) in [5.41, 5.74) is 0.502. The van der Waals surface area contributed by atoms with Gasteiger partial charge in [-0.05, 0) is 43.3 Å². The molecule has 1 heterocycles. The van der Waals surface area contributed by atoms with Gasteiger partial charge in [-0.3, -0.25) is 9.59 Å². The first-order chi connectivity index (χ1) is 9.56. The van der Waals surface area contributed by atoms with Crippen molar-refractivity contribution in [3.8, 4) is 0 Å². The van der Waals surface area contributed by atoms with E-state index in [2.05, 4.69) is 16.0 Å². The third-order valence-corrected chi connectivity index (χ3v) is 3.48. The number of hydrogen-bond acceptors (Lipinski definition) is 3. The molecule has 0 spiro atoms. The first kappa shape index (κ1) is 17.4. The Morgan fingerprint density at radius 2 is 1.95 bits per heavy atom. The zero-order chi connectivity index (χ0) is 14.5. The average Bonchev–Trinajstić information content (AvgIpc) is 2.36. The normalized spacial score (nSPS) is 15.3. The molecular weight excluding hydrogens is 297 g/mol. The third-order valence-electron chi connectivity index (χ3n) is 3.48. The maximum absolute atomic E-state index is 12.7. The highest BCUT2D eigenvalue weighted by Crippen LogP contribution is 2.15. The second kappa shape index (κ2) is 7.95. The summed E-state index contributed by atoms with van der Waals surface area (Å²) in [6, 6.07) is 5.47. The van der Waals surface area contributed by atoms with E-state index < -0.39 is 0 Å². The van der Waals surface area contributed by atoms with Crippen molar-refractivity contribution < 1.29 is 14.0 Å². The lowest BCUT2D eigenvalue weighted by Gasteiger charge is -2.31. The second-order valence-corrected chi connectivity index (χ2v) is 4.98. The molecule has 0 saturated carbocycles. The van der Waals surface area contributed by atoms with Gasteiger partial charge in [-0.25, -0.2) is 4.39 Å². The lowest BCUT2D eigenvalue weighted by Crippen LogP contribution is -2.50. The molecule has 1 saturated heterocycles. The molecule has 0 aliphatic carbocycles. The SMILES string of the molecule is CC(C(=O)NCC(=O)Nc1ccc(F)cc1)C1CNC1.Cl. The summed E-state index contributed by atoms with van der Waals surface area (Å²) >= 11 is 0. The van der Waals surface area contributed by atoms with E-state index in [-0.39, 0.29) is 42.5 Å². The summed E-state index contributed by atoms with van der Waals surface area (Å²) in [6.07, 6.45) is 0. The quantitative estimate of drug-likeness (QED) is 0.763. The van der Waals surface area contributed by atoms with Crippen LogP contribution in [-0.4, -0.2) is 31.4 Å². The second-order valence-electron chi connectivity index (χ2n) is 4.98. The fraction of sp³-hybridized carbons (Fsp3) is 0.429. The molecule has 1 atom stereocenters. The van der Waals surface area contributed by atoms with Crippen LogP contribution < -0.4 is 16.0 Å². The molecule has 2 rings (SSSR count). The molecule has 1 aliphatic rings. The summed E-state index contributed by atoms with van der Waals surface area (Å²) in [5, 5.41) is 8.31. The van der Waals surface area contributed by atoms with Gasteiger partial charge in [0, 0.05) is 11.6 Å². The molecule has 1 aromatic carbocycles. The molecule has 0 aromatic heterocycles. The zero-order valence-electron chi connectivity index (χ0n) is 11.7. The van der Waals surface area contributed by atoms with E-state index in [0.29, 0.717) is 11.6 Å². The minimum atomic E-state index is -0.362. The Labute approximate surface area is 129 Å². The van der Waals surface area contributed by atoms with Crippen molar-refractivity contribution in [2.45, 2.75) is 6.92 Å². The summed E-state index contributed by atoms with van der Waals surface area (Å²) in [4.78, 5) is 23.5. The molecule has 3 N–H and O–H groups in total. The van der Waals surface area contributed by atoms with Crippen LogP contribution in [0.1, 0.15) is 6.92 Å². The first-order valence-corrected chi connectivity index (χ1v) is 6.60. The molecule has 5 nitrogen and oxygen atoms in total. The monoisotopic (exact) mass is 315 g/mol. The smallest absolute Gasteiger partial charge is 0.243 e. The number of hydrogen-bond donors (Lipinski definition) is 3. The lowest BCUT2D eigenvalue weighted by molar-refractivity contribution is -0.128. The lowest BCUT2D eigenvalue weighted by atomic mass is 9.88. The van der Waals surface area contributed by atoms with E-state index in [1.807, 2.05) is 6.92 Å². The molecule has 1 unspecified atom stereocenters. The number of halogens is 2. The molecule has 0 bridgehead atoms. The van der Waals surface area contributed by atoms with Crippen LogP contribution in [0.3, 0.4) is 0 Å². The number of amides is 2. The molecule has 2 amide bonds. The van der Waals surface area contributed by atoms with Gasteiger partial charge in [0.05, 0.1) is 6.54 Å². The molecule has 7 heteroatoms. The fourth-order valence-corrected chi connectivity index (χ4v) is 1.95. The van der Waals surface area contributed by atoms with Crippen LogP contribution in [0.5, 0.6) is 0 Å². The van der Waals surface area contributed by atoms with E-state index in [4.69, 9.17) is 0 Å². The number of benzene rings is 1. The van der Waals surface area contributed by atoms with Gasteiger partial charge in [-0.2, -0.15) is 0 Å². The summed E-state index contributed by atoms with van der Waals surface area (Å²) in [6.45, 7) is 3.46. The Hall–Kier alpha value is -1.66. The van der Waals surface area contributed by atoms with Crippen LogP contribution >= 0.6 is 12.4 Å². The van der Waals surface area contributed by atoms with Gasteiger partial charge < -0.3 is 16.0 Å². The highest BCUT2D eigenvalue weighted by Gasteiger charge is 2.28. The number of nitrogens with one attached hydrogen (secondary N) is 3. The number of carbonyl (C=O) groups is 2. The first-order valence-electron chi connectivity index (χ1n) is 6.60. The van der Waals surface area contributed by atoms with E-state index in [1.165, 1.54) is 24.3 Å². The van der Waals surface area contributed by atoms with Gasteiger partial charge in [0.25, 0.3) is 0 Å². The van der Waals surface area contributed by atoms with Crippen molar-refractivity contribution in [1.82, 2.24) is 10.6 Å². The Morgan fingerprint density at radius 1 is 1.33 bits per heavy atom. The van der Waals surface area contributed by atoms with Crippen molar-refractivity contribution in [2.24, 2.45) is 11.8 Å². The highest BCUT2D eigenvalue weighted by atomic mass is 35.5. The topological polar surface area (TPSA) is 70.2 Å². The highest BCUT2D eigenvalue weighted by molar-refractivity contribution is 5.94. The molecule has 21 heavy (non-hydrogen) atoms. The largest absolute Gasteiger partial charge is 0.347 e. The van der Waals surface area contributed by atoms with E-state index in [1.54, 1.807) is 0 Å². The fourth-order valence-electron chi connectivity index (χ4n) is 1.95. The van der Waals surface area contributed by atoms with Gasteiger partial charge in [-0.15, -0.1) is 12.4 Å². The van der Waals surface area contributed by atoms with E-state index in [0.717, 1.165) is 13.1 Å². The third kappa shape index (κ3) is 4.99. The molecule has 1 fully saturated rings. The minimum Gasteiger partial charge on any atom is -0.347 e. The standard InChI is InChI=1S/C14H18FN3O2.ClH/c1-9(10-6-16-7-10)14(20)17-8-13(19)18-12-4-2-11(15)3-5-12;/h2-5,9-10,16H,6-8H2,1H3,(H,17,20)(H,18,19);1H. The summed E-state index contributed by atoms with van der Waals surface area (Å²) in [5.74, 6) is -0.570. The van der Waals surface area contributed by atoms with Gasteiger partial charge in [-0.1, -0.05) is 6.92 Å².